The fourth-order valence-electron chi connectivity index (χ4n) is 2.89. The topological polar surface area (TPSA) is 84.9 Å². The lowest BCUT2D eigenvalue weighted by molar-refractivity contribution is -0.274. The Hall–Kier alpha value is -2.63. The predicted octanol–water partition coefficient (Wildman–Crippen LogP) is 3.17. The van der Waals surface area contributed by atoms with Gasteiger partial charge in [0.25, 0.3) is 5.91 Å². The molecule has 1 aliphatic rings. The van der Waals surface area contributed by atoms with E-state index in [1.165, 1.54) is 22.5 Å². The van der Waals surface area contributed by atoms with Gasteiger partial charge in [-0.25, -0.2) is 8.42 Å². The number of hydrogen-bond donors (Lipinski definition) is 1. The quantitative estimate of drug-likeness (QED) is 0.766. The number of nitrogens with zero attached hydrogens (tertiary/aromatic N) is 1. The zero-order valence-corrected chi connectivity index (χ0v) is 16.7. The average Bonchev–Trinajstić information content (AvgIpc) is 2.69. The summed E-state index contributed by atoms with van der Waals surface area (Å²) >= 11 is 0. The van der Waals surface area contributed by atoms with Gasteiger partial charge < -0.3 is 14.8 Å². The minimum absolute atomic E-state index is 0.0659. The highest BCUT2D eigenvalue weighted by Crippen LogP contribution is 2.26. The van der Waals surface area contributed by atoms with Crippen molar-refractivity contribution < 1.29 is 35.9 Å². The van der Waals surface area contributed by atoms with Crippen molar-refractivity contribution in [1.82, 2.24) is 4.31 Å². The summed E-state index contributed by atoms with van der Waals surface area (Å²) in [5, 5.41) is 2.56. The molecule has 1 amide bonds. The van der Waals surface area contributed by atoms with E-state index in [2.05, 4.69) is 10.1 Å². The lowest BCUT2D eigenvalue weighted by atomic mass is 10.2. The van der Waals surface area contributed by atoms with Gasteiger partial charge in [0.05, 0.1) is 18.1 Å². The van der Waals surface area contributed by atoms with Crippen LogP contribution < -0.4 is 10.1 Å². The van der Waals surface area contributed by atoms with Gasteiger partial charge in [0.2, 0.25) is 10.0 Å². The molecule has 7 nitrogen and oxygen atoms in total. The number of alkyl halides is 3. The predicted molar refractivity (Wildman–Crippen MR) is 102 cm³/mol. The second-order valence-corrected chi connectivity index (χ2v) is 8.43. The normalized spacial score (nSPS) is 15.6. The molecule has 0 bridgehead atoms. The second-order valence-electron chi connectivity index (χ2n) is 6.52. The Morgan fingerprint density at radius 1 is 1.10 bits per heavy atom. The minimum Gasteiger partial charge on any atom is -0.406 e. The van der Waals surface area contributed by atoms with E-state index in [1.807, 2.05) is 0 Å². The number of rotatable bonds is 5. The molecule has 0 aliphatic carbocycles. The van der Waals surface area contributed by atoms with Crippen LogP contribution in [-0.2, 0) is 14.8 Å². The van der Waals surface area contributed by atoms with Gasteiger partial charge in [0.15, 0.2) is 0 Å². The van der Waals surface area contributed by atoms with Gasteiger partial charge in [0, 0.05) is 24.3 Å². The molecule has 11 heteroatoms. The summed E-state index contributed by atoms with van der Waals surface area (Å²) in [6.45, 7) is 2.75. The zero-order chi connectivity index (χ0) is 21.9. The molecule has 2 aromatic carbocycles. The molecule has 0 radical (unpaired) electrons. The molecule has 0 unspecified atom stereocenters. The highest BCUT2D eigenvalue weighted by Gasteiger charge is 2.31. The standard InChI is InChI=1S/C19H19F3N2O5S/c1-13-2-5-15(12-17(13)30(26,27)24-8-10-28-11-9-24)23-18(25)14-3-6-16(7-4-14)29-19(20,21)22/h2-7,12H,8-11H2,1H3,(H,23,25). The third-order valence-corrected chi connectivity index (χ3v) is 6.42. The molecule has 0 aromatic heterocycles. The van der Waals surface area contributed by atoms with Gasteiger partial charge in [-0.05, 0) is 48.9 Å². The monoisotopic (exact) mass is 444 g/mol. The molecule has 1 aliphatic heterocycles. The molecule has 3 rings (SSSR count). The smallest absolute Gasteiger partial charge is 0.406 e. The molecule has 1 N–H and O–H groups in total. The van der Waals surface area contributed by atoms with Crippen LogP contribution in [0.1, 0.15) is 15.9 Å². The molecule has 2 aromatic rings. The number of carbonyl (C=O) groups is 1. The zero-order valence-electron chi connectivity index (χ0n) is 15.9. The summed E-state index contributed by atoms with van der Waals surface area (Å²) in [6.07, 6.45) is -4.83. The first-order valence-electron chi connectivity index (χ1n) is 8.92. The number of anilines is 1. The summed E-state index contributed by atoms with van der Waals surface area (Å²) in [4.78, 5) is 12.5. The van der Waals surface area contributed by atoms with Gasteiger partial charge in [-0.1, -0.05) is 6.07 Å². The third-order valence-electron chi connectivity index (χ3n) is 4.38. The van der Waals surface area contributed by atoms with Gasteiger partial charge in [-0.3, -0.25) is 4.79 Å². The maximum Gasteiger partial charge on any atom is 0.573 e. The van der Waals surface area contributed by atoms with Crippen LogP contribution in [-0.4, -0.2) is 51.3 Å². The molecular weight excluding hydrogens is 425 g/mol. The van der Waals surface area contributed by atoms with Gasteiger partial charge in [-0.2, -0.15) is 4.31 Å². The van der Waals surface area contributed by atoms with E-state index in [0.29, 0.717) is 18.8 Å². The fraction of sp³-hybridized carbons (Fsp3) is 0.316. The van der Waals surface area contributed by atoms with Crippen LogP contribution in [0, 0.1) is 6.92 Å². The van der Waals surface area contributed by atoms with Crippen molar-refractivity contribution in [2.75, 3.05) is 31.6 Å². The Balaban J connectivity index is 1.77. The minimum atomic E-state index is -4.83. The van der Waals surface area contributed by atoms with Crippen LogP contribution in [0.3, 0.4) is 0 Å². The highest BCUT2D eigenvalue weighted by molar-refractivity contribution is 7.89. The maximum absolute atomic E-state index is 12.9. The van der Waals surface area contributed by atoms with Gasteiger partial charge in [-0.15, -0.1) is 13.2 Å². The van der Waals surface area contributed by atoms with E-state index in [-0.39, 0.29) is 29.2 Å². The molecule has 1 heterocycles. The fourth-order valence-corrected chi connectivity index (χ4v) is 4.55. The van der Waals surface area contributed by atoms with Crippen LogP contribution in [0.15, 0.2) is 47.4 Å². The number of benzene rings is 2. The molecule has 162 valence electrons. The van der Waals surface area contributed by atoms with E-state index >= 15 is 0 Å². The molecule has 1 saturated heterocycles. The maximum atomic E-state index is 12.9. The number of amides is 1. The summed E-state index contributed by atoms with van der Waals surface area (Å²) < 4.78 is 72.8. The summed E-state index contributed by atoms with van der Waals surface area (Å²) in [6, 6.07) is 8.87. The first-order valence-corrected chi connectivity index (χ1v) is 10.4. The van der Waals surface area contributed by atoms with E-state index in [4.69, 9.17) is 4.74 Å². The number of carbonyl (C=O) groups excluding carboxylic acids is 1. The van der Waals surface area contributed by atoms with Crippen LogP contribution in [0.5, 0.6) is 5.75 Å². The first-order chi connectivity index (χ1) is 14.1. The highest BCUT2D eigenvalue weighted by atomic mass is 32.2. The Morgan fingerprint density at radius 2 is 1.73 bits per heavy atom. The van der Waals surface area contributed by atoms with Crippen LogP contribution >= 0.6 is 0 Å². The molecule has 30 heavy (non-hydrogen) atoms. The SMILES string of the molecule is Cc1ccc(NC(=O)c2ccc(OC(F)(F)F)cc2)cc1S(=O)(=O)N1CCOCC1. The summed E-state index contributed by atoms with van der Waals surface area (Å²) in [5.74, 6) is -1.06. The number of halogens is 3. The number of nitrogens with one attached hydrogen (secondary N) is 1. The lowest BCUT2D eigenvalue weighted by Crippen LogP contribution is -2.40. The number of sulfonamides is 1. The number of hydrogen-bond acceptors (Lipinski definition) is 5. The molecular formula is C19H19F3N2O5S. The molecule has 0 atom stereocenters. The van der Waals surface area contributed by atoms with Crippen molar-refractivity contribution in [2.45, 2.75) is 18.2 Å². The van der Waals surface area contributed by atoms with Gasteiger partial charge in [0.1, 0.15) is 5.75 Å². The largest absolute Gasteiger partial charge is 0.573 e. The summed E-state index contributed by atoms with van der Waals surface area (Å²) in [7, 11) is -3.76. The van der Waals surface area contributed by atoms with Crippen molar-refractivity contribution in [3.63, 3.8) is 0 Å². The van der Waals surface area contributed by atoms with Crippen molar-refractivity contribution in [2.24, 2.45) is 0 Å². The summed E-state index contributed by atoms with van der Waals surface area (Å²) in [5.41, 5.74) is 0.851. The Morgan fingerprint density at radius 3 is 2.33 bits per heavy atom. The lowest BCUT2D eigenvalue weighted by Gasteiger charge is -2.26. The Labute approximate surface area is 171 Å². The Bertz CT molecular complexity index is 1020. The third kappa shape index (κ3) is 5.29. The molecule has 0 saturated carbocycles. The van der Waals surface area contributed by atoms with Crippen LogP contribution in [0.25, 0.3) is 0 Å². The second kappa shape index (κ2) is 8.62. The van der Waals surface area contributed by atoms with E-state index in [1.54, 1.807) is 19.1 Å². The average molecular weight is 444 g/mol. The van der Waals surface area contributed by atoms with Crippen molar-refractivity contribution in [1.29, 1.82) is 0 Å². The Kier molecular flexibility index (Phi) is 6.34. The van der Waals surface area contributed by atoms with Crippen LogP contribution in [0.2, 0.25) is 0 Å². The van der Waals surface area contributed by atoms with Gasteiger partial charge >= 0.3 is 6.36 Å². The van der Waals surface area contributed by atoms with Crippen LogP contribution in [0.4, 0.5) is 18.9 Å². The number of ether oxygens (including phenoxy) is 2. The first kappa shape index (κ1) is 22.1. The number of morpholine rings is 1. The number of aryl methyl sites for hydroxylation is 1. The van der Waals surface area contributed by atoms with E-state index in [0.717, 1.165) is 12.1 Å². The molecule has 1 fully saturated rings. The van der Waals surface area contributed by atoms with Crippen molar-refractivity contribution >= 4 is 21.6 Å². The van der Waals surface area contributed by atoms with E-state index in [9.17, 15) is 26.4 Å². The van der Waals surface area contributed by atoms with Crippen molar-refractivity contribution in [3.05, 3.63) is 53.6 Å². The van der Waals surface area contributed by atoms with Crippen molar-refractivity contribution in [3.8, 4) is 5.75 Å². The van der Waals surface area contributed by atoms with E-state index < -0.39 is 28.0 Å². The molecule has 0 spiro atoms.